The minimum Gasteiger partial charge on any atom is -0.258 e. The monoisotopic (exact) mass is 192 g/mol. The van der Waals surface area contributed by atoms with Crippen molar-refractivity contribution in [2.24, 2.45) is 0 Å². The predicted octanol–water partition coefficient (Wildman–Crippen LogP) is 3.22. The molecule has 0 aliphatic heterocycles. The fourth-order valence-electron chi connectivity index (χ4n) is 1.59. The summed E-state index contributed by atoms with van der Waals surface area (Å²) in [5.41, 5.74) is 3.29. The zero-order chi connectivity index (χ0) is 10.4. The van der Waals surface area contributed by atoms with E-state index in [1.807, 2.05) is 13.1 Å². The van der Waals surface area contributed by atoms with Gasteiger partial charge in [0, 0.05) is 6.20 Å². The third kappa shape index (κ3) is 3.44. The van der Waals surface area contributed by atoms with Crippen molar-refractivity contribution in [2.75, 3.05) is 0 Å². The first-order chi connectivity index (χ1) is 6.74. The van der Waals surface area contributed by atoms with Crippen LogP contribution in [0.25, 0.3) is 0 Å². The average molecular weight is 192 g/mol. The summed E-state index contributed by atoms with van der Waals surface area (Å²) in [7, 11) is 0. The lowest BCUT2D eigenvalue weighted by atomic mass is 10.1. The van der Waals surface area contributed by atoms with Gasteiger partial charge in [-0.05, 0) is 26.7 Å². The summed E-state index contributed by atoms with van der Waals surface area (Å²) in [6.45, 7) is 6.27. The minimum atomic E-state index is 1.01. The quantitative estimate of drug-likeness (QED) is 0.669. The Morgan fingerprint density at radius 1 is 1.14 bits per heavy atom. The van der Waals surface area contributed by atoms with Crippen LogP contribution in [0.15, 0.2) is 6.20 Å². The van der Waals surface area contributed by atoms with Crippen LogP contribution in [0.3, 0.4) is 0 Å². The second kappa shape index (κ2) is 5.74. The summed E-state index contributed by atoms with van der Waals surface area (Å²) in [5.74, 6) is 0. The summed E-state index contributed by atoms with van der Waals surface area (Å²) < 4.78 is 0. The molecule has 0 saturated carbocycles. The number of aromatic nitrogens is 2. The van der Waals surface area contributed by atoms with Gasteiger partial charge in [-0.15, -0.1) is 0 Å². The van der Waals surface area contributed by atoms with Crippen LogP contribution >= 0.6 is 0 Å². The maximum absolute atomic E-state index is 4.41. The van der Waals surface area contributed by atoms with Gasteiger partial charge in [0.05, 0.1) is 17.1 Å². The van der Waals surface area contributed by atoms with Crippen LogP contribution in [0.2, 0.25) is 0 Å². The highest BCUT2D eigenvalue weighted by molar-refractivity contribution is 5.11. The topological polar surface area (TPSA) is 25.8 Å². The first kappa shape index (κ1) is 11.2. The molecule has 0 fully saturated rings. The Bertz CT molecular complexity index is 282. The lowest BCUT2D eigenvalue weighted by Crippen LogP contribution is -1.98. The zero-order valence-corrected chi connectivity index (χ0v) is 9.51. The van der Waals surface area contributed by atoms with Gasteiger partial charge in [0.2, 0.25) is 0 Å². The normalized spacial score (nSPS) is 10.5. The molecular formula is C12H20N2. The molecule has 0 saturated heterocycles. The van der Waals surface area contributed by atoms with Gasteiger partial charge in [0.15, 0.2) is 0 Å². The fraction of sp³-hybridized carbons (Fsp3) is 0.667. The Balaban J connectivity index is 2.42. The van der Waals surface area contributed by atoms with E-state index in [0.717, 1.165) is 17.8 Å². The molecule has 1 aromatic heterocycles. The molecule has 2 nitrogen and oxygen atoms in total. The molecule has 1 rings (SSSR count). The van der Waals surface area contributed by atoms with Crippen molar-refractivity contribution in [3.63, 3.8) is 0 Å². The number of hydrogen-bond acceptors (Lipinski definition) is 2. The maximum Gasteiger partial charge on any atom is 0.0616 e. The van der Waals surface area contributed by atoms with Crippen LogP contribution in [0.1, 0.15) is 49.7 Å². The fourth-order valence-corrected chi connectivity index (χ4v) is 1.59. The summed E-state index contributed by atoms with van der Waals surface area (Å²) in [4.78, 5) is 8.82. The molecule has 14 heavy (non-hydrogen) atoms. The third-order valence-electron chi connectivity index (χ3n) is 2.44. The number of nitrogens with zero attached hydrogens (tertiary/aromatic N) is 2. The van der Waals surface area contributed by atoms with Crippen LogP contribution < -0.4 is 0 Å². The molecule has 0 aromatic carbocycles. The van der Waals surface area contributed by atoms with Gasteiger partial charge >= 0.3 is 0 Å². The van der Waals surface area contributed by atoms with Crippen molar-refractivity contribution in [3.8, 4) is 0 Å². The van der Waals surface area contributed by atoms with Gasteiger partial charge in [-0.1, -0.05) is 26.2 Å². The molecule has 0 bridgehead atoms. The van der Waals surface area contributed by atoms with Gasteiger partial charge in [-0.2, -0.15) is 0 Å². The Morgan fingerprint density at radius 3 is 2.57 bits per heavy atom. The highest BCUT2D eigenvalue weighted by Gasteiger charge is 2.00. The van der Waals surface area contributed by atoms with E-state index in [9.17, 15) is 0 Å². The number of rotatable bonds is 5. The molecule has 0 aliphatic carbocycles. The Labute approximate surface area is 86.8 Å². The maximum atomic E-state index is 4.41. The summed E-state index contributed by atoms with van der Waals surface area (Å²) >= 11 is 0. The summed E-state index contributed by atoms with van der Waals surface area (Å²) in [6.07, 6.45) is 8.12. The molecule has 0 N–H and O–H groups in total. The highest BCUT2D eigenvalue weighted by atomic mass is 14.8. The smallest absolute Gasteiger partial charge is 0.0616 e. The molecule has 0 aliphatic rings. The largest absolute Gasteiger partial charge is 0.258 e. The molecule has 0 spiro atoms. The molecule has 1 aromatic rings. The zero-order valence-electron chi connectivity index (χ0n) is 9.51. The Hall–Kier alpha value is -0.920. The van der Waals surface area contributed by atoms with E-state index in [1.165, 1.54) is 31.4 Å². The van der Waals surface area contributed by atoms with Crippen molar-refractivity contribution in [1.82, 2.24) is 9.97 Å². The lowest BCUT2D eigenvalue weighted by molar-refractivity contribution is 0.656. The molecular weight excluding hydrogens is 172 g/mol. The van der Waals surface area contributed by atoms with Crippen LogP contribution in [-0.2, 0) is 6.42 Å². The Kier molecular flexibility index (Phi) is 4.57. The van der Waals surface area contributed by atoms with Gasteiger partial charge in [-0.3, -0.25) is 9.97 Å². The minimum absolute atomic E-state index is 1.01. The Morgan fingerprint density at radius 2 is 1.93 bits per heavy atom. The highest BCUT2D eigenvalue weighted by Crippen LogP contribution is 2.08. The van der Waals surface area contributed by atoms with Gasteiger partial charge in [0.25, 0.3) is 0 Å². The SMILES string of the molecule is CCCCCCc1ncc(C)nc1C. The average Bonchev–Trinajstić information content (AvgIpc) is 2.15. The van der Waals surface area contributed by atoms with Crippen molar-refractivity contribution >= 4 is 0 Å². The number of aryl methyl sites for hydroxylation is 3. The van der Waals surface area contributed by atoms with Gasteiger partial charge < -0.3 is 0 Å². The van der Waals surface area contributed by atoms with E-state index in [1.54, 1.807) is 0 Å². The van der Waals surface area contributed by atoms with E-state index >= 15 is 0 Å². The van der Waals surface area contributed by atoms with E-state index < -0.39 is 0 Å². The molecule has 0 atom stereocenters. The van der Waals surface area contributed by atoms with Crippen LogP contribution in [0.5, 0.6) is 0 Å². The second-order valence-corrected chi connectivity index (χ2v) is 3.85. The molecule has 2 heteroatoms. The van der Waals surface area contributed by atoms with E-state index in [-0.39, 0.29) is 0 Å². The third-order valence-corrected chi connectivity index (χ3v) is 2.44. The summed E-state index contributed by atoms with van der Waals surface area (Å²) in [5, 5.41) is 0. The lowest BCUT2D eigenvalue weighted by Gasteiger charge is -2.04. The molecule has 1 heterocycles. The number of unbranched alkanes of at least 4 members (excludes halogenated alkanes) is 3. The van der Waals surface area contributed by atoms with Crippen molar-refractivity contribution in [1.29, 1.82) is 0 Å². The summed E-state index contributed by atoms with van der Waals surface area (Å²) in [6, 6.07) is 0. The van der Waals surface area contributed by atoms with E-state index in [4.69, 9.17) is 0 Å². The van der Waals surface area contributed by atoms with Crippen LogP contribution in [-0.4, -0.2) is 9.97 Å². The first-order valence-corrected chi connectivity index (χ1v) is 5.53. The molecule has 0 amide bonds. The van der Waals surface area contributed by atoms with Crippen molar-refractivity contribution in [3.05, 3.63) is 23.3 Å². The van der Waals surface area contributed by atoms with Gasteiger partial charge in [-0.25, -0.2) is 0 Å². The van der Waals surface area contributed by atoms with Crippen molar-refractivity contribution in [2.45, 2.75) is 52.9 Å². The van der Waals surface area contributed by atoms with Crippen LogP contribution in [0.4, 0.5) is 0 Å². The molecule has 0 radical (unpaired) electrons. The standard InChI is InChI=1S/C12H20N2/c1-4-5-6-7-8-12-11(3)14-10(2)9-13-12/h9H,4-8H2,1-3H3. The second-order valence-electron chi connectivity index (χ2n) is 3.85. The van der Waals surface area contributed by atoms with Crippen molar-refractivity contribution < 1.29 is 0 Å². The van der Waals surface area contributed by atoms with Gasteiger partial charge in [0.1, 0.15) is 0 Å². The molecule has 0 unspecified atom stereocenters. The van der Waals surface area contributed by atoms with E-state index in [0.29, 0.717) is 0 Å². The molecule has 78 valence electrons. The van der Waals surface area contributed by atoms with Crippen LogP contribution in [0, 0.1) is 13.8 Å². The predicted molar refractivity (Wildman–Crippen MR) is 59.4 cm³/mol. The number of hydrogen-bond donors (Lipinski definition) is 0. The van der Waals surface area contributed by atoms with E-state index in [2.05, 4.69) is 23.8 Å². The first-order valence-electron chi connectivity index (χ1n) is 5.53.